The van der Waals surface area contributed by atoms with E-state index in [0.29, 0.717) is 12.5 Å². The van der Waals surface area contributed by atoms with Gasteiger partial charge >= 0.3 is 11.9 Å². The van der Waals surface area contributed by atoms with E-state index in [-0.39, 0.29) is 52.9 Å². The smallest absolute Gasteiger partial charge is 0.311 e. The molecule has 29 heavy (non-hydrogen) atoms. The molecule has 0 amide bonds. The second-order valence-corrected chi connectivity index (χ2v) is 10.4. The summed E-state index contributed by atoms with van der Waals surface area (Å²) in [5.41, 5.74) is 0.110. The van der Waals surface area contributed by atoms with Gasteiger partial charge in [0, 0.05) is 17.9 Å². The standard InChI is InChI=1S/C23H35NO5/c1-4-27-20(25)15-7-10-24(11-8-15)13-16-18-17(28-21(16)26)12-22(3)9-5-6-14(2)23(22)19(18)29-23/h14-19H,4-13H2,1-3H3/t14-,16+,17+,18+,19-,22+,23-/m0/s1. The van der Waals surface area contributed by atoms with Gasteiger partial charge in [0.25, 0.3) is 0 Å². The fourth-order valence-corrected chi connectivity index (χ4v) is 7.33. The molecule has 3 aliphatic heterocycles. The zero-order valence-electron chi connectivity index (χ0n) is 18.0. The predicted octanol–water partition coefficient (Wildman–Crippen LogP) is 2.79. The summed E-state index contributed by atoms with van der Waals surface area (Å²) in [5.74, 6) is 0.555. The molecule has 5 aliphatic rings. The Bertz CT molecular complexity index is 689. The number of esters is 2. The van der Waals surface area contributed by atoms with Crippen LogP contribution in [-0.2, 0) is 23.8 Å². The maximum atomic E-state index is 12.8. The number of epoxide rings is 1. The number of fused-ring (bicyclic) bond motifs is 2. The summed E-state index contributed by atoms with van der Waals surface area (Å²) in [6, 6.07) is 0. The maximum Gasteiger partial charge on any atom is 0.311 e. The first-order chi connectivity index (χ1) is 13.9. The van der Waals surface area contributed by atoms with Crippen LogP contribution >= 0.6 is 0 Å². The SMILES string of the molecule is CCOC(=O)C1CCN(C[C@H]2C(=O)O[C@@H]3C[C@@]4(C)CCC[C@H](C)[C@@]45O[C@H]5[C@@H]32)CC1. The maximum absolute atomic E-state index is 12.8. The number of piperidine rings is 1. The topological polar surface area (TPSA) is 68.4 Å². The van der Waals surface area contributed by atoms with E-state index in [9.17, 15) is 9.59 Å². The molecule has 0 aromatic heterocycles. The number of hydrogen-bond donors (Lipinski definition) is 0. The number of rotatable bonds is 4. The molecule has 5 rings (SSSR count). The molecule has 0 aromatic rings. The molecule has 2 saturated carbocycles. The highest BCUT2D eigenvalue weighted by molar-refractivity contribution is 5.76. The zero-order chi connectivity index (χ0) is 20.4. The molecule has 0 unspecified atom stereocenters. The Morgan fingerprint density at radius 2 is 2.03 bits per heavy atom. The van der Waals surface area contributed by atoms with Gasteiger partial charge in [-0.2, -0.15) is 0 Å². The van der Waals surface area contributed by atoms with E-state index in [4.69, 9.17) is 14.2 Å². The number of likely N-dealkylation sites (tertiary alicyclic amines) is 1. The van der Waals surface area contributed by atoms with Crippen molar-refractivity contribution in [3.63, 3.8) is 0 Å². The fourth-order valence-electron chi connectivity index (χ4n) is 7.33. The molecule has 162 valence electrons. The van der Waals surface area contributed by atoms with Gasteiger partial charge in [-0.05, 0) is 58.0 Å². The third kappa shape index (κ3) is 2.88. The molecule has 6 heteroatoms. The summed E-state index contributed by atoms with van der Waals surface area (Å²) >= 11 is 0. The average Bonchev–Trinajstić information content (AvgIpc) is 3.37. The molecule has 1 spiro atoms. The molecule has 0 aromatic carbocycles. The van der Waals surface area contributed by atoms with Crippen molar-refractivity contribution in [3.05, 3.63) is 0 Å². The average molecular weight is 406 g/mol. The van der Waals surface area contributed by atoms with Gasteiger partial charge in [-0.15, -0.1) is 0 Å². The van der Waals surface area contributed by atoms with Crippen molar-refractivity contribution in [3.8, 4) is 0 Å². The van der Waals surface area contributed by atoms with Gasteiger partial charge in [0.1, 0.15) is 11.7 Å². The molecule has 0 N–H and O–H groups in total. The van der Waals surface area contributed by atoms with Crippen LogP contribution in [0.15, 0.2) is 0 Å². The van der Waals surface area contributed by atoms with Gasteiger partial charge in [-0.1, -0.05) is 20.3 Å². The minimum Gasteiger partial charge on any atom is -0.466 e. The van der Waals surface area contributed by atoms with Gasteiger partial charge in [0.15, 0.2) is 0 Å². The highest BCUT2D eigenvalue weighted by atomic mass is 16.6. The highest BCUT2D eigenvalue weighted by Gasteiger charge is 2.78. The molecular weight excluding hydrogens is 370 g/mol. The molecule has 3 saturated heterocycles. The third-order valence-electron chi connectivity index (χ3n) is 8.86. The Morgan fingerprint density at radius 3 is 2.76 bits per heavy atom. The first-order valence-electron chi connectivity index (χ1n) is 11.7. The van der Waals surface area contributed by atoms with Crippen molar-refractivity contribution in [2.24, 2.45) is 29.1 Å². The van der Waals surface area contributed by atoms with E-state index in [0.717, 1.165) is 38.9 Å². The monoisotopic (exact) mass is 405 g/mol. The number of nitrogens with zero attached hydrogens (tertiary/aromatic N) is 1. The largest absolute Gasteiger partial charge is 0.466 e. The van der Waals surface area contributed by atoms with Crippen molar-refractivity contribution in [2.75, 3.05) is 26.2 Å². The lowest BCUT2D eigenvalue weighted by Gasteiger charge is -2.49. The Kier molecular flexibility index (Phi) is 4.74. The summed E-state index contributed by atoms with van der Waals surface area (Å²) < 4.78 is 17.6. The van der Waals surface area contributed by atoms with Crippen LogP contribution in [0.3, 0.4) is 0 Å². The van der Waals surface area contributed by atoms with Crippen LogP contribution in [0.2, 0.25) is 0 Å². The lowest BCUT2D eigenvalue weighted by molar-refractivity contribution is -0.150. The zero-order valence-corrected chi connectivity index (χ0v) is 18.0. The van der Waals surface area contributed by atoms with Crippen molar-refractivity contribution in [2.45, 2.75) is 77.1 Å². The Hall–Kier alpha value is -1.14. The van der Waals surface area contributed by atoms with Gasteiger partial charge in [-0.25, -0.2) is 0 Å². The van der Waals surface area contributed by atoms with Crippen molar-refractivity contribution >= 4 is 11.9 Å². The van der Waals surface area contributed by atoms with E-state index < -0.39 is 0 Å². The molecule has 7 atom stereocenters. The minimum atomic E-state index is -0.0952. The van der Waals surface area contributed by atoms with Crippen LogP contribution < -0.4 is 0 Å². The molecule has 3 heterocycles. The predicted molar refractivity (Wildman–Crippen MR) is 106 cm³/mol. The lowest BCUT2D eigenvalue weighted by Crippen LogP contribution is -2.54. The first kappa shape index (κ1) is 19.8. The Labute approximate surface area is 173 Å². The van der Waals surface area contributed by atoms with E-state index in [1.165, 1.54) is 19.3 Å². The summed E-state index contributed by atoms with van der Waals surface area (Å²) in [6.45, 7) is 9.41. The quantitative estimate of drug-likeness (QED) is 0.529. The Balaban J connectivity index is 1.26. The lowest BCUT2D eigenvalue weighted by atomic mass is 9.53. The highest BCUT2D eigenvalue weighted by Crippen LogP contribution is 2.70. The van der Waals surface area contributed by atoms with Gasteiger partial charge in [0.2, 0.25) is 0 Å². The van der Waals surface area contributed by atoms with E-state index in [2.05, 4.69) is 18.7 Å². The molecule has 6 nitrogen and oxygen atoms in total. The van der Waals surface area contributed by atoms with Crippen LogP contribution in [-0.4, -0.2) is 60.9 Å². The summed E-state index contributed by atoms with van der Waals surface area (Å²) in [4.78, 5) is 27.2. The van der Waals surface area contributed by atoms with Crippen LogP contribution in [0.1, 0.15) is 59.3 Å². The Morgan fingerprint density at radius 1 is 1.28 bits per heavy atom. The van der Waals surface area contributed by atoms with Crippen LogP contribution in [0.5, 0.6) is 0 Å². The number of ether oxygens (including phenoxy) is 3. The van der Waals surface area contributed by atoms with Crippen LogP contribution in [0.4, 0.5) is 0 Å². The van der Waals surface area contributed by atoms with Crippen LogP contribution in [0.25, 0.3) is 0 Å². The summed E-state index contributed by atoms with van der Waals surface area (Å²) in [5, 5.41) is 0. The van der Waals surface area contributed by atoms with E-state index in [1.807, 2.05) is 6.92 Å². The molecule has 0 bridgehead atoms. The number of carbonyl (C=O) groups excluding carboxylic acids is 2. The summed E-state index contributed by atoms with van der Waals surface area (Å²) in [7, 11) is 0. The van der Waals surface area contributed by atoms with Crippen molar-refractivity contribution < 1.29 is 23.8 Å². The van der Waals surface area contributed by atoms with E-state index in [1.54, 1.807) is 0 Å². The normalized spacial score (nSPS) is 47.0. The molecule has 2 aliphatic carbocycles. The molecular formula is C23H35NO5. The van der Waals surface area contributed by atoms with Crippen molar-refractivity contribution in [1.29, 1.82) is 0 Å². The minimum absolute atomic E-state index is 0.00277. The van der Waals surface area contributed by atoms with Crippen molar-refractivity contribution in [1.82, 2.24) is 4.90 Å². The third-order valence-corrected chi connectivity index (χ3v) is 8.86. The molecule has 0 radical (unpaired) electrons. The molecule has 5 fully saturated rings. The van der Waals surface area contributed by atoms with Crippen LogP contribution in [0, 0.1) is 29.1 Å². The van der Waals surface area contributed by atoms with Gasteiger partial charge in [-0.3, -0.25) is 9.59 Å². The fraction of sp³-hybridized carbons (Fsp3) is 0.913. The summed E-state index contributed by atoms with van der Waals surface area (Å²) in [6.07, 6.45) is 6.42. The second kappa shape index (κ2) is 6.94. The van der Waals surface area contributed by atoms with E-state index >= 15 is 0 Å². The number of carbonyl (C=O) groups is 2. The van der Waals surface area contributed by atoms with Gasteiger partial charge < -0.3 is 19.1 Å². The second-order valence-electron chi connectivity index (χ2n) is 10.4. The first-order valence-corrected chi connectivity index (χ1v) is 11.7. The number of hydrogen-bond acceptors (Lipinski definition) is 6. The van der Waals surface area contributed by atoms with Gasteiger partial charge in [0.05, 0.1) is 24.5 Å².